The number of fused-ring (bicyclic) bond motifs is 1. The van der Waals surface area contributed by atoms with E-state index in [9.17, 15) is 0 Å². The molecule has 1 atom stereocenters. The van der Waals surface area contributed by atoms with Crippen LogP contribution in [0.1, 0.15) is 25.8 Å². The van der Waals surface area contributed by atoms with E-state index in [1.807, 2.05) is 25.3 Å². The minimum absolute atomic E-state index is 0.252. The van der Waals surface area contributed by atoms with E-state index in [-0.39, 0.29) is 5.54 Å². The highest BCUT2D eigenvalue weighted by molar-refractivity contribution is 5.81. The van der Waals surface area contributed by atoms with Crippen LogP contribution < -0.4 is 5.73 Å². The lowest BCUT2D eigenvalue weighted by Gasteiger charge is -2.22. The largest absolute Gasteiger partial charge is 0.375 e. The van der Waals surface area contributed by atoms with E-state index in [0.717, 1.165) is 22.9 Å². The summed E-state index contributed by atoms with van der Waals surface area (Å²) in [5.74, 6) is 0. The Balaban J connectivity index is 2.08. The Labute approximate surface area is 108 Å². The van der Waals surface area contributed by atoms with Gasteiger partial charge in [0, 0.05) is 22.7 Å². The molecule has 1 unspecified atom stereocenters. The van der Waals surface area contributed by atoms with Crippen molar-refractivity contribution in [3.63, 3.8) is 0 Å². The molecule has 0 aliphatic heterocycles. The molecule has 2 rings (SSSR count). The predicted molar refractivity (Wildman–Crippen MR) is 74.3 cm³/mol. The number of para-hydroxylation sites is 1. The van der Waals surface area contributed by atoms with Crippen LogP contribution in [0.15, 0.2) is 36.5 Å². The van der Waals surface area contributed by atoms with E-state index in [0.29, 0.717) is 13.2 Å². The van der Waals surface area contributed by atoms with Gasteiger partial charge in [-0.3, -0.25) is 4.98 Å². The molecule has 3 heteroatoms. The van der Waals surface area contributed by atoms with Gasteiger partial charge in [0.05, 0.1) is 18.7 Å². The van der Waals surface area contributed by atoms with Crippen LogP contribution in [0.3, 0.4) is 0 Å². The molecule has 0 aliphatic carbocycles. The first-order chi connectivity index (χ1) is 8.62. The van der Waals surface area contributed by atoms with Gasteiger partial charge in [0.25, 0.3) is 0 Å². The molecule has 0 amide bonds. The minimum Gasteiger partial charge on any atom is -0.375 e. The molecule has 0 fully saturated rings. The Morgan fingerprint density at radius 2 is 2.06 bits per heavy atom. The molecule has 1 aromatic heterocycles. The maximum Gasteiger partial charge on any atom is 0.0757 e. The van der Waals surface area contributed by atoms with Crippen molar-refractivity contribution in [2.45, 2.75) is 32.4 Å². The highest BCUT2D eigenvalue weighted by Crippen LogP contribution is 2.17. The van der Waals surface area contributed by atoms with Crippen molar-refractivity contribution in [1.29, 1.82) is 0 Å². The van der Waals surface area contributed by atoms with E-state index in [2.05, 4.69) is 30.1 Å². The van der Waals surface area contributed by atoms with Gasteiger partial charge in [-0.2, -0.15) is 0 Å². The topological polar surface area (TPSA) is 48.1 Å². The summed E-state index contributed by atoms with van der Waals surface area (Å²) in [4.78, 5) is 4.41. The highest BCUT2D eigenvalue weighted by Gasteiger charge is 2.15. The monoisotopic (exact) mass is 244 g/mol. The molecule has 3 nitrogen and oxygen atoms in total. The summed E-state index contributed by atoms with van der Waals surface area (Å²) >= 11 is 0. The lowest BCUT2D eigenvalue weighted by Crippen LogP contribution is -2.40. The first-order valence-electron chi connectivity index (χ1n) is 6.31. The van der Waals surface area contributed by atoms with E-state index in [1.165, 1.54) is 0 Å². The quantitative estimate of drug-likeness (QED) is 0.879. The Morgan fingerprint density at radius 1 is 1.28 bits per heavy atom. The van der Waals surface area contributed by atoms with Gasteiger partial charge in [-0.15, -0.1) is 0 Å². The standard InChI is InChI=1S/C15H20N2O/c1-3-15(2,16)11-18-10-13-7-4-6-12-8-5-9-17-14(12)13/h4-9H,3,10-11,16H2,1-2H3. The number of benzene rings is 1. The molecule has 18 heavy (non-hydrogen) atoms. The normalized spacial score (nSPS) is 14.6. The van der Waals surface area contributed by atoms with E-state index in [1.54, 1.807) is 0 Å². The predicted octanol–water partition coefficient (Wildman–Crippen LogP) is 2.88. The summed E-state index contributed by atoms with van der Waals surface area (Å²) in [5.41, 5.74) is 7.92. The van der Waals surface area contributed by atoms with Crippen LogP contribution in [0, 0.1) is 0 Å². The van der Waals surface area contributed by atoms with Gasteiger partial charge >= 0.3 is 0 Å². The number of hydrogen-bond donors (Lipinski definition) is 1. The Kier molecular flexibility index (Phi) is 3.94. The fourth-order valence-corrected chi connectivity index (χ4v) is 1.78. The number of ether oxygens (including phenoxy) is 1. The summed E-state index contributed by atoms with van der Waals surface area (Å²) < 4.78 is 5.72. The number of nitrogens with zero attached hydrogens (tertiary/aromatic N) is 1. The first kappa shape index (κ1) is 13.0. The Hall–Kier alpha value is -1.45. The lowest BCUT2D eigenvalue weighted by molar-refractivity contribution is 0.0783. The van der Waals surface area contributed by atoms with Gasteiger partial charge in [-0.05, 0) is 19.4 Å². The van der Waals surface area contributed by atoms with Crippen molar-refractivity contribution < 1.29 is 4.74 Å². The molecule has 0 saturated heterocycles. The third-order valence-electron chi connectivity index (χ3n) is 3.21. The molecule has 0 radical (unpaired) electrons. The van der Waals surface area contributed by atoms with Gasteiger partial charge in [0.15, 0.2) is 0 Å². The first-order valence-corrected chi connectivity index (χ1v) is 6.31. The second kappa shape index (κ2) is 5.46. The fraction of sp³-hybridized carbons (Fsp3) is 0.400. The zero-order valence-electron chi connectivity index (χ0n) is 11.0. The number of nitrogens with two attached hydrogens (primary N) is 1. The van der Waals surface area contributed by atoms with E-state index < -0.39 is 0 Å². The summed E-state index contributed by atoms with van der Waals surface area (Å²) in [6, 6.07) is 10.1. The van der Waals surface area contributed by atoms with Crippen LogP contribution >= 0.6 is 0 Å². The molecule has 0 saturated carbocycles. The molecule has 2 N–H and O–H groups in total. The summed E-state index contributed by atoms with van der Waals surface area (Å²) in [6.45, 7) is 5.20. The summed E-state index contributed by atoms with van der Waals surface area (Å²) in [6.07, 6.45) is 2.71. The SMILES string of the molecule is CCC(C)(N)COCc1cccc2cccnc12. The van der Waals surface area contributed by atoms with Crippen LogP contribution in [0.5, 0.6) is 0 Å². The molecule has 0 spiro atoms. The van der Waals surface area contributed by atoms with Crippen molar-refractivity contribution in [2.75, 3.05) is 6.61 Å². The molecular formula is C15H20N2O. The molecule has 96 valence electrons. The summed E-state index contributed by atoms with van der Waals surface area (Å²) in [5, 5.41) is 1.14. The van der Waals surface area contributed by atoms with Crippen molar-refractivity contribution >= 4 is 10.9 Å². The molecule has 0 bridgehead atoms. The summed E-state index contributed by atoms with van der Waals surface area (Å²) in [7, 11) is 0. The number of pyridine rings is 1. The molecule has 1 aromatic carbocycles. The van der Waals surface area contributed by atoms with Crippen molar-refractivity contribution in [1.82, 2.24) is 4.98 Å². The van der Waals surface area contributed by atoms with Gasteiger partial charge in [0.2, 0.25) is 0 Å². The third kappa shape index (κ3) is 3.06. The van der Waals surface area contributed by atoms with Gasteiger partial charge in [-0.25, -0.2) is 0 Å². The lowest BCUT2D eigenvalue weighted by atomic mass is 10.0. The zero-order chi connectivity index (χ0) is 13.0. The van der Waals surface area contributed by atoms with Gasteiger partial charge < -0.3 is 10.5 Å². The molecular weight excluding hydrogens is 224 g/mol. The van der Waals surface area contributed by atoms with Crippen LogP contribution in [0.25, 0.3) is 10.9 Å². The van der Waals surface area contributed by atoms with Crippen LogP contribution in [-0.4, -0.2) is 17.1 Å². The zero-order valence-corrected chi connectivity index (χ0v) is 11.0. The number of aromatic nitrogens is 1. The maximum absolute atomic E-state index is 6.05. The van der Waals surface area contributed by atoms with Crippen LogP contribution in [0.4, 0.5) is 0 Å². The number of rotatable bonds is 5. The van der Waals surface area contributed by atoms with Crippen molar-refractivity contribution in [2.24, 2.45) is 5.73 Å². The average Bonchev–Trinajstić information content (AvgIpc) is 2.39. The second-order valence-corrected chi connectivity index (χ2v) is 4.99. The van der Waals surface area contributed by atoms with Gasteiger partial charge in [0.1, 0.15) is 0 Å². The maximum atomic E-state index is 6.05. The molecule has 2 aromatic rings. The van der Waals surface area contributed by atoms with Crippen molar-refractivity contribution in [3.05, 3.63) is 42.1 Å². The fourth-order valence-electron chi connectivity index (χ4n) is 1.78. The number of hydrogen-bond acceptors (Lipinski definition) is 3. The van der Waals surface area contributed by atoms with Gasteiger partial charge in [-0.1, -0.05) is 31.2 Å². The smallest absolute Gasteiger partial charge is 0.0757 e. The second-order valence-electron chi connectivity index (χ2n) is 4.99. The molecule has 1 heterocycles. The third-order valence-corrected chi connectivity index (χ3v) is 3.21. The van der Waals surface area contributed by atoms with E-state index >= 15 is 0 Å². The van der Waals surface area contributed by atoms with Crippen LogP contribution in [-0.2, 0) is 11.3 Å². The Bertz CT molecular complexity index is 517. The minimum atomic E-state index is -0.252. The highest BCUT2D eigenvalue weighted by atomic mass is 16.5. The van der Waals surface area contributed by atoms with Crippen molar-refractivity contribution in [3.8, 4) is 0 Å². The van der Waals surface area contributed by atoms with E-state index in [4.69, 9.17) is 10.5 Å². The Morgan fingerprint density at radius 3 is 2.83 bits per heavy atom. The molecule has 0 aliphatic rings. The van der Waals surface area contributed by atoms with Crippen LogP contribution in [0.2, 0.25) is 0 Å². The average molecular weight is 244 g/mol.